The van der Waals surface area contributed by atoms with Crippen LogP contribution in [0.1, 0.15) is 48.1 Å². The van der Waals surface area contributed by atoms with Crippen molar-refractivity contribution in [1.29, 1.82) is 0 Å². The molecule has 0 fully saturated rings. The van der Waals surface area contributed by atoms with E-state index in [4.69, 9.17) is 0 Å². The van der Waals surface area contributed by atoms with Gasteiger partial charge < -0.3 is 10.6 Å². The lowest BCUT2D eigenvalue weighted by molar-refractivity contribution is 0.102. The van der Waals surface area contributed by atoms with Crippen LogP contribution >= 0.6 is 0 Å². The largest absolute Gasteiger partial charge is 0.350 e. The number of amides is 1. The molecule has 0 aliphatic heterocycles. The fraction of sp³-hybridized carbons (Fsp3) is 0.389. The fourth-order valence-electron chi connectivity index (χ4n) is 2.27. The van der Waals surface area contributed by atoms with Crippen molar-refractivity contribution in [3.63, 3.8) is 0 Å². The van der Waals surface area contributed by atoms with E-state index >= 15 is 0 Å². The highest BCUT2D eigenvalue weighted by molar-refractivity contribution is 6.03. The van der Waals surface area contributed by atoms with Gasteiger partial charge in [0.25, 0.3) is 5.91 Å². The second-order valence-electron chi connectivity index (χ2n) is 6.81. The molecule has 2 rings (SSSR count). The highest BCUT2D eigenvalue weighted by Crippen LogP contribution is 2.20. The van der Waals surface area contributed by atoms with Crippen molar-refractivity contribution >= 4 is 17.5 Å². The fourth-order valence-corrected chi connectivity index (χ4v) is 2.27. The van der Waals surface area contributed by atoms with Crippen LogP contribution in [0.2, 0.25) is 0 Å². The molecule has 0 saturated heterocycles. The van der Waals surface area contributed by atoms with E-state index in [-0.39, 0.29) is 11.4 Å². The summed E-state index contributed by atoms with van der Waals surface area (Å²) < 4.78 is 0. The van der Waals surface area contributed by atoms with Gasteiger partial charge in [-0.05, 0) is 58.7 Å². The first-order valence-electron chi connectivity index (χ1n) is 7.67. The van der Waals surface area contributed by atoms with Crippen molar-refractivity contribution in [2.45, 2.75) is 47.1 Å². The standard InChI is InChI=1S/C18H24N4O/c1-11-8-7-9-12(2)15(11)21-16(23)14-10-13(3)19-17(20-14)22-18(4,5)6/h7-10H,1-6H3,(H,21,23)(H,19,20,22). The van der Waals surface area contributed by atoms with Crippen LogP contribution in [-0.2, 0) is 0 Å². The molecule has 122 valence electrons. The third-order valence-electron chi connectivity index (χ3n) is 3.29. The van der Waals surface area contributed by atoms with E-state index in [1.165, 1.54) is 0 Å². The Morgan fingerprint density at radius 3 is 2.22 bits per heavy atom. The Balaban J connectivity index is 2.29. The first-order valence-corrected chi connectivity index (χ1v) is 7.67. The number of carbonyl (C=O) groups is 1. The summed E-state index contributed by atoms with van der Waals surface area (Å²) >= 11 is 0. The average Bonchev–Trinajstić information content (AvgIpc) is 2.40. The highest BCUT2D eigenvalue weighted by Gasteiger charge is 2.16. The molecule has 1 heterocycles. The van der Waals surface area contributed by atoms with Crippen molar-refractivity contribution in [3.05, 3.63) is 46.8 Å². The third-order valence-corrected chi connectivity index (χ3v) is 3.29. The van der Waals surface area contributed by atoms with Gasteiger partial charge in [0, 0.05) is 16.9 Å². The minimum atomic E-state index is -0.232. The Hall–Kier alpha value is -2.43. The normalized spacial score (nSPS) is 11.2. The number of benzene rings is 1. The van der Waals surface area contributed by atoms with Crippen LogP contribution in [0.25, 0.3) is 0 Å². The van der Waals surface area contributed by atoms with E-state index in [0.29, 0.717) is 11.6 Å². The van der Waals surface area contributed by atoms with E-state index in [0.717, 1.165) is 22.5 Å². The molecule has 1 aromatic carbocycles. The van der Waals surface area contributed by atoms with Crippen molar-refractivity contribution in [3.8, 4) is 0 Å². The molecule has 2 aromatic rings. The summed E-state index contributed by atoms with van der Waals surface area (Å²) in [5, 5.41) is 6.16. The Bertz CT molecular complexity index is 712. The zero-order valence-corrected chi connectivity index (χ0v) is 14.6. The Morgan fingerprint density at radius 1 is 1.04 bits per heavy atom. The predicted octanol–water partition coefficient (Wildman–Crippen LogP) is 3.86. The molecule has 23 heavy (non-hydrogen) atoms. The van der Waals surface area contributed by atoms with Gasteiger partial charge in [0.1, 0.15) is 5.69 Å². The van der Waals surface area contributed by atoms with Crippen LogP contribution in [0.15, 0.2) is 24.3 Å². The van der Waals surface area contributed by atoms with Gasteiger partial charge in [0.05, 0.1) is 0 Å². The molecule has 2 N–H and O–H groups in total. The summed E-state index contributed by atoms with van der Waals surface area (Å²) in [5.74, 6) is 0.231. The number of anilines is 2. The number of hydrogen-bond acceptors (Lipinski definition) is 4. The van der Waals surface area contributed by atoms with Crippen molar-refractivity contribution < 1.29 is 4.79 Å². The first kappa shape index (κ1) is 16.9. The van der Waals surface area contributed by atoms with Crippen molar-refractivity contribution in [2.75, 3.05) is 10.6 Å². The van der Waals surface area contributed by atoms with Crippen molar-refractivity contribution in [1.82, 2.24) is 9.97 Å². The lowest BCUT2D eigenvalue weighted by Crippen LogP contribution is -2.28. The monoisotopic (exact) mass is 312 g/mol. The molecule has 0 aliphatic rings. The molecule has 0 saturated carbocycles. The maximum Gasteiger partial charge on any atom is 0.274 e. The molecule has 5 heteroatoms. The third kappa shape index (κ3) is 4.52. The van der Waals surface area contributed by atoms with Gasteiger partial charge in [-0.3, -0.25) is 4.79 Å². The van der Waals surface area contributed by atoms with Gasteiger partial charge in [0.2, 0.25) is 5.95 Å². The number of carbonyl (C=O) groups excluding carboxylic acids is 1. The predicted molar refractivity (Wildman–Crippen MR) is 94.0 cm³/mol. The molecule has 0 radical (unpaired) electrons. The van der Waals surface area contributed by atoms with Gasteiger partial charge in [-0.25, -0.2) is 9.97 Å². The average molecular weight is 312 g/mol. The molecular formula is C18H24N4O. The van der Waals surface area contributed by atoms with Crippen molar-refractivity contribution in [2.24, 2.45) is 0 Å². The molecule has 0 unspecified atom stereocenters. The topological polar surface area (TPSA) is 66.9 Å². The minimum Gasteiger partial charge on any atom is -0.350 e. The molecule has 0 spiro atoms. The zero-order chi connectivity index (χ0) is 17.2. The van der Waals surface area contributed by atoms with E-state index < -0.39 is 0 Å². The van der Waals surface area contributed by atoms with E-state index in [9.17, 15) is 4.79 Å². The molecule has 0 aliphatic carbocycles. The summed E-state index contributed by atoms with van der Waals surface area (Å²) in [5.41, 5.74) is 3.81. The number of nitrogens with one attached hydrogen (secondary N) is 2. The van der Waals surface area contributed by atoms with Crippen LogP contribution in [0.4, 0.5) is 11.6 Å². The second-order valence-corrected chi connectivity index (χ2v) is 6.81. The molecule has 0 bridgehead atoms. The lowest BCUT2D eigenvalue weighted by Gasteiger charge is -2.21. The van der Waals surface area contributed by atoms with Gasteiger partial charge in [0.15, 0.2) is 0 Å². The van der Waals surface area contributed by atoms with Gasteiger partial charge in [-0.2, -0.15) is 0 Å². The summed E-state index contributed by atoms with van der Waals surface area (Å²) in [6.07, 6.45) is 0. The maximum atomic E-state index is 12.6. The maximum absolute atomic E-state index is 12.6. The quantitative estimate of drug-likeness (QED) is 0.903. The SMILES string of the molecule is Cc1cc(C(=O)Nc2c(C)cccc2C)nc(NC(C)(C)C)n1. The zero-order valence-electron chi connectivity index (χ0n) is 14.6. The Morgan fingerprint density at radius 2 is 1.65 bits per heavy atom. The van der Waals surface area contributed by atoms with E-state index in [1.54, 1.807) is 6.07 Å². The number of para-hydroxylation sites is 1. The summed E-state index contributed by atoms with van der Waals surface area (Å²) in [6.45, 7) is 11.9. The second kappa shape index (κ2) is 6.36. The summed E-state index contributed by atoms with van der Waals surface area (Å²) in [6, 6.07) is 7.61. The Kier molecular flexibility index (Phi) is 4.68. The smallest absolute Gasteiger partial charge is 0.274 e. The molecule has 0 atom stereocenters. The number of hydrogen-bond donors (Lipinski definition) is 2. The molecule has 1 aromatic heterocycles. The minimum absolute atomic E-state index is 0.172. The molecule has 5 nitrogen and oxygen atoms in total. The van der Waals surface area contributed by atoms with Crippen LogP contribution < -0.4 is 10.6 Å². The van der Waals surface area contributed by atoms with Gasteiger partial charge in [-0.1, -0.05) is 18.2 Å². The van der Waals surface area contributed by atoms with Crippen LogP contribution in [0, 0.1) is 20.8 Å². The first-order chi connectivity index (χ1) is 10.7. The number of aromatic nitrogens is 2. The van der Waals surface area contributed by atoms with E-state index in [1.807, 2.05) is 59.7 Å². The number of rotatable bonds is 3. The summed E-state index contributed by atoms with van der Waals surface area (Å²) in [4.78, 5) is 21.2. The molecular weight excluding hydrogens is 288 g/mol. The van der Waals surface area contributed by atoms with Gasteiger partial charge >= 0.3 is 0 Å². The van der Waals surface area contributed by atoms with Crippen LogP contribution in [0.3, 0.4) is 0 Å². The highest BCUT2D eigenvalue weighted by atomic mass is 16.1. The Labute approximate surface area is 137 Å². The summed E-state index contributed by atoms with van der Waals surface area (Å²) in [7, 11) is 0. The van der Waals surface area contributed by atoms with E-state index in [2.05, 4.69) is 20.6 Å². The number of aryl methyl sites for hydroxylation is 3. The van der Waals surface area contributed by atoms with Gasteiger partial charge in [-0.15, -0.1) is 0 Å². The lowest BCUT2D eigenvalue weighted by atomic mass is 10.1. The van der Waals surface area contributed by atoms with Crippen LogP contribution in [-0.4, -0.2) is 21.4 Å². The molecule has 1 amide bonds. The number of nitrogens with zero attached hydrogens (tertiary/aromatic N) is 2. The van der Waals surface area contributed by atoms with Crippen LogP contribution in [0.5, 0.6) is 0 Å².